The predicted molar refractivity (Wildman–Crippen MR) is 131 cm³/mol. The van der Waals surface area contributed by atoms with Gasteiger partial charge in [0.15, 0.2) is 0 Å². The number of likely N-dealkylation sites (N-methyl/N-ethyl adjacent to an activating group) is 1. The van der Waals surface area contributed by atoms with Crippen LogP contribution in [0, 0.1) is 6.92 Å². The van der Waals surface area contributed by atoms with Crippen molar-refractivity contribution in [1.82, 2.24) is 4.90 Å². The van der Waals surface area contributed by atoms with Crippen LogP contribution in [0.1, 0.15) is 18.1 Å². The smallest absolute Gasteiger partial charge is 0.264 e. The summed E-state index contributed by atoms with van der Waals surface area (Å²) in [6, 6.07) is 20.3. The average molecular weight is 457 g/mol. The summed E-state index contributed by atoms with van der Waals surface area (Å²) in [5, 5.41) is 0.670. The van der Waals surface area contributed by atoms with Gasteiger partial charge in [-0.25, -0.2) is 8.42 Å². The molecule has 0 aliphatic carbocycles. The summed E-state index contributed by atoms with van der Waals surface area (Å²) in [5.41, 5.74) is 4.93. The molecule has 3 aromatic rings. The number of aryl methyl sites for hydroxylation is 1. The van der Waals surface area contributed by atoms with Crippen LogP contribution < -0.4 is 4.31 Å². The van der Waals surface area contributed by atoms with E-state index in [0.717, 1.165) is 36.2 Å². The molecule has 31 heavy (non-hydrogen) atoms. The van der Waals surface area contributed by atoms with Gasteiger partial charge in [-0.1, -0.05) is 48.9 Å². The van der Waals surface area contributed by atoms with Crippen molar-refractivity contribution in [2.75, 3.05) is 31.5 Å². The molecule has 0 N–H and O–H groups in total. The minimum absolute atomic E-state index is 0.264. The third-order valence-corrected chi connectivity index (χ3v) is 7.74. The molecule has 0 spiro atoms. The van der Waals surface area contributed by atoms with E-state index >= 15 is 0 Å². The van der Waals surface area contributed by atoms with Gasteiger partial charge < -0.3 is 4.90 Å². The molecule has 0 aromatic heterocycles. The van der Waals surface area contributed by atoms with Crippen LogP contribution in [-0.4, -0.2) is 40.5 Å². The highest BCUT2D eigenvalue weighted by Gasteiger charge is 2.22. The highest BCUT2D eigenvalue weighted by Crippen LogP contribution is 2.27. The number of rotatable bonds is 8. The molecule has 0 amide bonds. The highest BCUT2D eigenvalue weighted by molar-refractivity contribution is 7.92. The van der Waals surface area contributed by atoms with Gasteiger partial charge in [-0.05, 0) is 85.6 Å². The fourth-order valence-electron chi connectivity index (χ4n) is 3.35. The van der Waals surface area contributed by atoms with Crippen molar-refractivity contribution in [2.45, 2.75) is 25.2 Å². The van der Waals surface area contributed by atoms with Gasteiger partial charge in [0.2, 0.25) is 0 Å². The summed E-state index contributed by atoms with van der Waals surface area (Å²) < 4.78 is 27.8. The van der Waals surface area contributed by atoms with Crippen molar-refractivity contribution in [1.29, 1.82) is 0 Å². The molecule has 0 aliphatic heterocycles. The molecule has 164 valence electrons. The average Bonchev–Trinajstić information content (AvgIpc) is 2.78. The Morgan fingerprint density at radius 1 is 0.871 bits per heavy atom. The van der Waals surface area contributed by atoms with E-state index in [1.54, 1.807) is 19.2 Å². The number of nitrogens with zero attached hydrogens (tertiary/aromatic N) is 2. The van der Waals surface area contributed by atoms with Crippen molar-refractivity contribution in [3.63, 3.8) is 0 Å². The van der Waals surface area contributed by atoms with E-state index in [9.17, 15) is 8.42 Å². The minimum Gasteiger partial charge on any atom is -0.306 e. The number of benzene rings is 3. The molecule has 3 rings (SSSR count). The molecule has 0 aliphatic rings. The molecular weight excluding hydrogens is 428 g/mol. The van der Waals surface area contributed by atoms with Gasteiger partial charge in [-0.3, -0.25) is 4.31 Å². The van der Waals surface area contributed by atoms with E-state index in [0.29, 0.717) is 10.7 Å². The van der Waals surface area contributed by atoms with Gasteiger partial charge >= 0.3 is 0 Å². The van der Waals surface area contributed by atoms with Crippen LogP contribution >= 0.6 is 11.6 Å². The first-order valence-electron chi connectivity index (χ1n) is 10.4. The van der Waals surface area contributed by atoms with E-state index in [-0.39, 0.29) is 4.90 Å². The Bertz CT molecular complexity index is 1130. The monoisotopic (exact) mass is 456 g/mol. The predicted octanol–water partition coefficient (Wildman–Crippen LogP) is 5.63. The Morgan fingerprint density at radius 2 is 1.45 bits per heavy atom. The molecule has 0 bridgehead atoms. The molecule has 4 nitrogen and oxygen atoms in total. The number of halogens is 1. The highest BCUT2D eigenvalue weighted by atomic mass is 35.5. The summed E-state index contributed by atoms with van der Waals surface area (Å²) >= 11 is 5.95. The third-order valence-electron chi connectivity index (χ3n) is 5.69. The van der Waals surface area contributed by atoms with Crippen LogP contribution in [0.5, 0.6) is 0 Å². The van der Waals surface area contributed by atoms with Crippen molar-refractivity contribution in [3.8, 4) is 11.1 Å². The first-order chi connectivity index (χ1) is 14.7. The molecule has 0 saturated carbocycles. The molecule has 3 aromatic carbocycles. The number of hydrogen-bond acceptors (Lipinski definition) is 3. The van der Waals surface area contributed by atoms with Gasteiger partial charge in [0.25, 0.3) is 10.0 Å². The van der Waals surface area contributed by atoms with E-state index in [2.05, 4.69) is 25.8 Å². The fourth-order valence-corrected chi connectivity index (χ4v) is 4.66. The fraction of sp³-hybridized carbons (Fsp3) is 0.280. The molecule has 0 heterocycles. The molecular formula is C25H29ClN2O2S. The molecule has 0 saturated heterocycles. The lowest BCUT2D eigenvalue weighted by Gasteiger charge is -2.22. The Morgan fingerprint density at radius 3 is 2.03 bits per heavy atom. The Kier molecular flexibility index (Phi) is 7.42. The van der Waals surface area contributed by atoms with Crippen LogP contribution in [0.4, 0.5) is 5.69 Å². The molecule has 0 fully saturated rings. The first kappa shape index (κ1) is 23.3. The van der Waals surface area contributed by atoms with Gasteiger partial charge in [0.1, 0.15) is 0 Å². The van der Waals surface area contributed by atoms with Crippen molar-refractivity contribution < 1.29 is 8.42 Å². The number of hydrogen-bond donors (Lipinski definition) is 0. The van der Waals surface area contributed by atoms with Crippen molar-refractivity contribution in [2.24, 2.45) is 0 Å². The van der Waals surface area contributed by atoms with Crippen LogP contribution in [-0.2, 0) is 16.4 Å². The first-order valence-corrected chi connectivity index (χ1v) is 12.2. The van der Waals surface area contributed by atoms with Gasteiger partial charge in [0.05, 0.1) is 10.6 Å². The second kappa shape index (κ2) is 9.86. The largest absolute Gasteiger partial charge is 0.306 e. The summed E-state index contributed by atoms with van der Waals surface area (Å²) in [6.45, 7) is 6.11. The van der Waals surface area contributed by atoms with Crippen LogP contribution in [0.3, 0.4) is 0 Å². The molecule has 0 radical (unpaired) electrons. The lowest BCUT2D eigenvalue weighted by molar-refractivity contribution is 0.357. The maximum absolute atomic E-state index is 13.2. The topological polar surface area (TPSA) is 40.6 Å². The molecule has 6 heteroatoms. The Hall–Kier alpha value is -2.34. The maximum atomic E-state index is 13.2. The summed E-state index contributed by atoms with van der Waals surface area (Å²) in [7, 11) is 0.0315. The van der Waals surface area contributed by atoms with Gasteiger partial charge in [-0.2, -0.15) is 0 Å². The van der Waals surface area contributed by atoms with E-state index < -0.39 is 10.0 Å². The normalized spacial score (nSPS) is 11.7. The second-order valence-corrected chi connectivity index (χ2v) is 10.2. The van der Waals surface area contributed by atoms with Gasteiger partial charge in [0, 0.05) is 18.6 Å². The zero-order valence-corrected chi connectivity index (χ0v) is 20.0. The maximum Gasteiger partial charge on any atom is 0.264 e. The SMILES string of the molecule is CCN(C)CCc1cc(N(C)S(=O)(=O)c2ccc(-c3ccc(Cl)cc3)cc2)ccc1C. The zero-order valence-electron chi connectivity index (χ0n) is 18.5. The van der Waals surface area contributed by atoms with E-state index in [4.69, 9.17) is 11.6 Å². The summed E-state index contributed by atoms with van der Waals surface area (Å²) in [5.74, 6) is 0. The summed E-state index contributed by atoms with van der Waals surface area (Å²) in [4.78, 5) is 2.51. The quantitative estimate of drug-likeness (QED) is 0.440. The second-order valence-electron chi connectivity index (χ2n) is 7.76. The third kappa shape index (κ3) is 5.48. The Labute approximate surface area is 191 Å². The van der Waals surface area contributed by atoms with E-state index in [1.807, 2.05) is 54.6 Å². The van der Waals surface area contributed by atoms with Crippen LogP contribution in [0.2, 0.25) is 5.02 Å². The lowest BCUT2D eigenvalue weighted by Crippen LogP contribution is -2.27. The van der Waals surface area contributed by atoms with Gasteiger partial charge in [-0.15, -0.1) is 0 Å². The molecule has 0 atom stereocenters. The number of anilines is 1. The zero-order chi connectivity index (χ0) is 22.6. The summed E-state index contributed by atoms with van der Waals surface area (Å²) in [6.07, 6.45) is 0.883. The van der Waals surface area contributed by atoms with Crippen LogP contribution in [0.25, 0.3) is 11.1 Å². The molecule has 0 unspecified atom stereocenters. The van der Waals surface area contributed by atoms with E-state index in [1.165, 1.54) is 9.87 Å². The van der Waals surface area contributed by atoms with Crippen molar-refractivity contribution >= 4 is 27.3 Å². The number of sulfonamides is 1. The minimum atomic E-state index is -3.66. The van der Waals surface area contributed by atoms with Crippen LogP contribution in [0.15, 0.2) is 71.6 Å². The standard InChI is InChI=1S/C25H29ClN2O2S/c1-5-27(3)17-16-22-18-24(13-6-19(22)2)28(4)31(29,30)25-14-9-21(10-15-25)20-7-11-23(26)12-8-20/h6-15,18H,5,16-17H2,1-4H3. The lowest BCUT2D eigenvalue weighted by atomic mass is 10.0. The van der Waals surface area contributed by atoms with Crippen molar-refractivity contribution in [3.05, 3.63) is 82.9 Å². The Balaban J connectivity index is 1.83.